The minimum atomic E-state index is -0.216. The van der Waals surface area contributed by atoms with Crippen molar-refractivity contribution < 1.29 is 4.39 Å². The summed E-state index contributed by atoms with van der Waals surface area (Å²) in [5.41, 5.74) is 6.80. The molecule has 2 rings (SSSR count). The maximum Gasteiger partial charge on any atom is 0.123 e. The first kappa shape index (κ1) is 11.1. The van der Waals surface area contributed by atoms with Gasteiger partial charge >= 0.3 is 0 Å². The molecule has 0 aliphatic heterocycles. The third-order valence-electron chi connectivity index (χ3n) is 3.11. The molecule has 86 valence electrons. The van der Waals surface area contributed by atoms with Crippen molar-refractivity contribution >= 4 is 5.84 Å². The molecule has 1 aliphatic rings. The molecule has 0 atom stereocenters. The molecule has 0 bridgehead atoms. The molecular formula is C13H17FN2. The van der Waals surface area contributed by atoms with E-state index in [1.165, 1.54) is 25.0 Å². The highest BCUT2D eigenvalue weighted by Crippen LogP contribution is 2.24. The van der Waals surface area contributed by atoms with E-state index in [1.54, 1.807) is 6.07 Å². The van der Waals surface area contributed by atoms with Gasteiger partial charge in [-0.05, 0) is 30.5 Å². The lowest BCUT2D eigenvalue weighted by Crippen LogP contribution is -2.21. The Labute approximate surface area is 95.4 Å². The molecule has 1 aliphatic carbocycles. The molecule has 0 spiro atoms. The van der Waals surface area contributed by atoms with E-state index in [1.807, 2.05) is 6.07 Å². The van der Waals surface area contributed by atoms with Crippen LogP contribution in [0.5, 0.6) is 0 Å². The van der Waals surface area contributed by atoms with E-state index in [0.29, 0.717) is 12.5 Å². The SMILES string of the molecule is NC(=NCc1cccc(F)c1)C1CCCC1. The number of benzene rings is 1. The Balaban J connectivity index is 1.97. The van der Waals surface area contributed by atoms with Crippen molar-refractivity contribution in [3.05, 3.63) is 35.6 Å². The standard InChI is InChI=1S/C13H17FN2/c14-12-7-3-4-10(8-12)9-16-13(15)11-5-1-2-6-11/h3-4,7-8,11H,1-2,5-6,9H2,(H2,15,16). The third-order valence-corrected chi connectivity index (χ3v) is 3.11. The first-order chi connectivity index (χ1) is 7.75. The van der Waals surface area contributed by atoms with E-state index in [-0.39, 0.29) is 5.82 Å². The van der Waals surface area contributed by atoms with E-state index in [0.717, 1.165) is 24.2 Å². The van der Waals surface area contributed by atoms with E-state index >= 15 is 0 Å². The number of hydrogen-bond donors (Lipinski definition) is 1. The zero-order valence-corrected chi connectivity index (χ0v) is 9.32. The van der Waals surface area contributed by atoms with Crippen LogP contribution in [0.15, 0.2) is 29.3 Å². The Bertz CT molecular complexity index is 381. The predicted octanol–water partition coefficient (Wildman–Crippen LogP) is 2.87. The molecule has 2 N–H and O–H groups in total. The molecule has 0 aromatic heterocycles. The lowest BCUT2D eigenvalue weighted by Gasteiger charge is -2.07. The van der Waals surface area contributed by atoms with Gasteiger partial charge in [-0.1, -0.05) is 25.0 Å². The van der Waals surface area contributed by atoms with E-state index in [2.05, 4.69) is 4.99 Å². The van der Waals surface area contributed by atoms with Crippen LogP contribution in [0.4, 0.5) is 4.39 Å². The van der Waals surface area contributed by atoms with Gasteiger partial charge in [0.25, 0.3) is 0 Å². The molecule has 1 aromatic carbocycles. The fraction of sp³-hybridized carbons (Fsp3) is 0.462. The molecule has 16 heavy (non-hydrogen) atoms. The van der Waals surface area contributed by atoms with Crippen LogP contribution >= 0.6 is 0 Å². The molecule has 0 saturated heterocycles. The Morgan fingerprint density at radius 3 is 2.81 bits per heavy atom. The molecule has 0 heterocycles. The minimum absolute atomic E-state index is 0.216. The normalized spacial score (nSPS) is 17.9. The number of nitrogens with two attached hydrogens (primary N) is 1. The number of halogens is 1. The number of amidine groups is 1. The molecular weight excluding hydrogens is 203 g/mol. The highest BCUT2D eigenvalue weighted by molar-refractivity contribution is 5.83. The molecule has 0 amide bonds. The van der Waals surface area contributed by atoms with Crippen LogP contribution < -0.4 is 5.73 Å². The second kappa shape index (κ2) is 5.10. The van der Waals surface area contributed by atoms with Gasteiger partial charge in [0.15, 0.2) is 0 Å². The highest BCUT2D eigenvalue weighted by Gasteiger charge is 2.18. The summed E-state index contributed by atoms with van der Waals surface area (Å²) >= 11 is 0. The monoisotopic (exact) mass is 220 g/mol. The largest absolute Gasteiger partial charge is 0.387 e. The average Bonchev–Trinajstić information content (AvgIpc) is 2.79. The van der Waals surface area contributed by atoms with Gasteiger partial charge in [0.05, 0.1) is 12.4 Å². The summed E-state index contributed by atoms with van der Waals surface area (Å²) in [7, 11) is 0. The fourth-order valence-corrected chi connectivity index (χ4v) is 2.17. The molecule has 1 saturated carbocycles. The van der Waals surface area contributed by atoms with Crippen LogP contribution in [0.3, 0.4) is 0 Å². The average molecular weight is 220 g/mol. The van der Waals surface area contributed by atoms with E-state index in [9.17, 15) is 4.39 Å². The number of rotatable bonds is 3. The Kier molecular flexibility index (Phi) is 3.54. The van der Waals surface area contributed by atoms with E-state index < -0.39 is 0 Å². The van der Waals surface area contributed by atoms with Gasteiger partial charge in [-0.2, -0.15) is 0 Å². The zero-order chi connectivity index (χ0) is 11.4. The maximum absolute atomic E-state index is 12.9. The Hall–Kier alpha value is -1.38. The van der Waals surface area contributed by atoms with Crippen molar-refractivity contribution in [1.82, 2.24) is 0 Å². The minimum Gasteiger partial charge on any atom is -0.387 e. The molecule has 0 unspecified atom stereocenters. The molecule has 1 fully saturated rings. The van der Waals surface area contributed by atoms with Crippen LogP contribution in [0.25, 0.3) is 0 Å². The Morgan fingerprint density at radius 1 is 1.38 bits per heavy atom. The van der Waals surface area contributed by atoms with Gasteiger partial charge in [-0.25, -0.2) is 4.39 Å². The summed E-state index contributed by atoms with van der Waals surface area (Å²) in [6, 6.07) is 6.51. The van der Waals surface area contributed by atoms with Gasteiger partial charge in [0.2, 0.25) is 0 Å². The van der Waals surface area contributed by atoms with Crippen LogP contribution in [-0.2, 0) is 6.54 Å². The zero-order valence-electron chi connectivity index (χ0n) is 9.32. The molecule has 2 nitrogen and oxygen atoms in total. The van der Waals surface area contributed by atoms with Gasteiger partial charge < -0.3 is 5.73 Å². The van der Waals surface area contributed by atoms with Crippen molar-refractivity contribution in [2.24, 2.45) is 16.6 Å². The highest BCUT2D eigenvalue weighted by atomic mass is 19.1. The van der Waals surface area contributed by atoms with Crippen molar-refractivity contribution in [2.45, 2.75) is 32.2 Å². The predicted molar refractivity (Wildman–Crippen MR) is 63.7 cm³/mol. The number of hydrogen-bond acceptors (Lipinski definition) is 1. The van der Waals surface area contributed by atoms with Gasteiger partial charge in [0.1, 0.15) is 5.82 Å². The molecule has 0 radical (unpaired) electrons. The van der Waals surface area contributed by atoms with Crippen molar-refractivity contribution in [2.75, 3.05) is 0 Å². The van der Waals surface area contributed by atoms with Crippen LogP contribution in [0.1, 0.15) is 31.2 Å². The van der Waals surface area contributed by atoms with Crippen LogP contribution in [-0.4, -0.2) is 5.84 Å². The number of aliphatic imine (C=N–C) groups is 1. The third kappa shape index (κ3) is 2.81. The topological polar surface area (TPSA) is 38.4 Å². The van der Waals surface area contributed by atoms with Crippen LogP contribution in [0.2, 0.25) is 0 Å². The lowest BCUT2D eigenvalue weighted by molar-refractivity contribution is 0.625. The smallest absolute Gasteiger partial charge is 0.123 e. The summed E-state index contributed by atoms with van der Waals surface area (Å²) in [4.78, 5) is 4.35. The second-order valence-corrected chi connectivity index (χ2v) is 4.35. The first-order valence-electron chi connectivity index (χ1n) is 5.80. The second-order valence-electron chi connectivity index (χ2n) is 4.35. The van der Waals surface area contributed by atoms with Gasteiger partial charge in [-0.3, -0.25) is 4.99 Å². The van der Waals surface area contributed by atoms with Crippen molar-refractivity contribution in [3.8, 4) is 0 Å². The lowest BCUT2D eigenvalue weighted by atomic mass is 10.1. The first-order valence-corrected chi connectivity index (χ1v) is 5.80. The summed E-state index contributed by atoms with van der Waals surface area (Å²) in [6.45, 7) is 0.486. The van der Waals surface area contributed by atoms with Crippen molar-refractivity contribution in [1.29, 1.82) is 0 Å². The summed E-state index contributed by atoms with van der Waals surface area (Å²) < 4.78 is 12.9. The molecule has 1 aromatic rings. The van der Waals surface area contributed by atoms with Gasteiger partial charge in [-0.15, -0.1) is 0 Å². The Morgan fingerprint density at radius 2 is 2.12 bits per heavy atom. The summed E-state index contributed by atoms with van der Waals surface area (Å²) in [5.74, 6) is 0.974. The van der Waals surface area contributed by atoms with Gasteiger partial charge in [0, 0.05) is 5.92 Å². The maximum atomic E-state index is 12.9. The number of nitrogens with zero attached hydrogens (tertiary/aromatic N) is 1. The van der Waals surface area contributed by atoms with Crippen molar-refractivity contribution in [3.63, 3.8) is 0 Å². The van der Waals surface area contributed by atoms with Crippen LogP contribution in [0, 0.1) is 11.7 Å². The van der Waals surface area contributed by atoms with E-state index in [4.69, 9.17) is 5.73 Å². The fourth-order valence-electron chi connectivity index (χ4n) is 2.17. The summed E-state index contributed by atoms with van der Waals surface area (Å²) in [5, 5.41) is 0. The molecule has 3 heteroatoms. The quantitative estimate of drug-likeness (QED) is 0.617. The summed E-state index contributed by atoms with van der Waals surface area (Å²) in [6.07, 6.45) is 4.80.